The van der Waals surface area contributed by atoms with E-state index in [1.165, 1.54) is 6.42 Å². The lowest BCUT2D eigenvalue weighted by molar-refractivity contribution is 0.0247. The summed E-state index contributed by atoms with van der Waals surface area (Å²) in [4.78, 5) is 11.2. The third-order valence-electron chi connectivity index (χ3n) is 3.20. The van der Waals surface area contributed by atoms with E-state index in [-0.39, 0.29) is 6.10 Å². The molecule has 1 saturated heterocycles. The van der Waals surface area contributed by atoms with Gasteiger partial charge < -0.3 is 15.2 Å². The summed E-state index contributed by atoms with van der Waals surface area (Å²) in [5.74, 6) is -0.897. The summed E-state index contributed by atoms with van der Waals surface area (Å²) >= 11 is 0. The van der Waals surface area contributed by atoms with Gasteiger partial charge in [0.05, 0.1) is 11.7 Å². The number of ether oxygens (including phenoxy) is 1. The van der Waals surface area contributed by atoms with E-state index in [0.29, 0.717) is 17.8 Å². The fourth-order valence-electron chi connectivity index (χ4n) is 2.18. The highest BCUT2D eigenvalue weighted by molar-refractivity contribution is 5.94. The summed E-state index contributed by atoms with van der Waals surface area (Å²) < 4.78 is 5.61. The molecule has 1 aliphatic heterocycles. The minimum Gasteiger partial charge on any atom is -0.478 e. The Kier molecular flexibility index (Phi) is 4.20. The molecule has 1 aromatic rings. The first-order chi connectivity index (χ1) is 8.66. The van der Waals surface area contributed by atoms with Crippen molar-refractivity contribution in [1.82, 2.24) is 0 Å². The molecular weight excluding hydrogens is 230 g/mol. The first-order valence-electron chi connectivity index (χ1n) is 6.36. The molecule has 1 heterocycles. The van der Waals surface area contributed by atoms with Crippen LogP contribution in [0.5, 0.6) is 0 Å². The van der Waals surface area contributed by atoms with Crippen LogP contribution in [-0.4, -0.2) is 30.3 Å². The number of hydrogen-bond acceptors (Lipinski definition) is 3. The van der Waals surface area contributed by atoms with Gasteiger partial charge in [0.1, 0.15) is 0 Å². The van der Waals surface area contributed by atoms with Crippen LogP contribution in [0.4, 0.5) is 5.69 Å². The summed E-state index contributed by atoms with van der Waals surface area (Å²) in [7, 11) is 0. The number of anilines is 1. The van der Waals surface area contributed by atoms with Crippen molar-refractivity contribution >= 4 is 11.7 Å². The molecular formula is C14H19NO3. The zero-order valence-corrected chi connectivity index (χ0v) is 10.6. The van der Waals surface area contributed by atoms with E-state index >= 15 is 0 Å². The quantitative estimate of drug-likeness (QED) is 0.861. The average molecular weight is 249 g/mol. The fourth-order valence-corrected chi connectivity index (χ4v) is 2.18. The number of benzene rings is 1. The maximum absolute atomic E-state index is 11.2. The summed E-state index contributed by atoms with van der Waals surface area (Å²) in [5, 5.41) is 12.3. The lowest BCUT2D eigenvalue weighted by Crippen LogP contribution is -2.27. The number of nitrogens with one attached hydrogen (secondary N) is 1. The standard InChI is InChI=1S/C14H19NO3/c1-10-5-6-13(12(8-10)14(16)17)15-9-11-4-2-3-7-18-11/h5-6,8,11,15H,2-4,7,9H2,1H3,(H,16,17). The fraction of sp³-hybridized carbons (Fsp3) is 0.500. The molecule has 4 nitrogen and oxygen atoms in total. The molecule has 0 spiro atoms. The lowest BCUT2D eigenvalue weighted by atomic mass is 10.1. The molecule has 18 heavy (non-hydrogen) atoms. The van der Waals surface area contributed by atoms with Crippen molar-refractivity contribution in [2.24, 2.45) is 0 Å². The molecule has 0 radical (unpaired) electrons. The SMILES string of the molecule is Cc1ccc(NCC2CCCCO2)c(C(=O)O)c1. The van der Waals surface area contributed by atoms with Gasteiger partial charge in [0, 0.05) is 18.8 Å². The molecule has 2 rings (SSSR count). The molecule has 0 bridgehead atoms. The zero-order chi connectivity index (χ0) is 13.0. The summed E-state index contributed by atoms with van der Waals surface area (Å²) in [6.45, 7) is 3.37. The number of aryl methyl sites for hydroxylation is 1. The molecule has 0 saturated carbocycles. The topological polar surface area (TPSA) is 58.6 Å². The summed E-state index contributed by atoms with van der Waals surface area (Å²) in [6.07, 6.45) is 3.55. The van der Waals surface area contributed by atoms with Gasteiger partial charge in [0.2, 0.25) is 0 Å². The van der Waals surface area contributed by atoms with E-state index in [9.17, 15) is 4.79 Å². The van der Waals surface area contributed by atoms with Crippen molar-refractivity contribution in [1.29, 1.82) is 0 Å². The minimum atomic E-state index is -0.897. The third kappa shape index (κ3) is 3.23. The third-order valence-corrected chi connectivity index (χ3v) is 3.20. The van der Waals surface area contributed by atoms with Gasteiger partial charge in [-0.2, -0.15) is 0 Å². The van der Waals surface area contributed by atoms with Crippen molar-refractivity contribution in [2.75, 3.05) is 18.5 Å². The van der Waals surface area contributed by atoms with Gasteiger partial charge in [-0.3, -0.25) is 0 Å². The van der Waals surface area contributed by atoms with Crippen molar-refractivity contribution in [2.45, 2.75) is 32.3 Å². The van der Waals surface area contributed by atoms with Gasteiger partial charge in [0.25, 0.3) is 0 Å². The molecule has 0 aromatic heterocycles. The minimum absolute atomic E-state index is 0.196. The monoisotopic (exact) mass is 249 g/mol. The van der Waals surface area contributed by atoms with Crippen molar-refractivity contribution < 1.29 is 14.6 Å². The number of carbonyl (C=O) groups is 1. The molecule has 1 atom stereocenters. The number of carboxylic acid groups (broad SMARTS) is 1. The molecule has 1 unspecified atom stereocenters. The van der Waals surface area contributed by atoms with Crippen LogP contribution in [0.2, 0.25) is 0 Å². The first kappa shape index (κ1) is 12.9. The Bertz CT molecular complexity index is 425. The Morgan fingerprint density at radius 3 is 3.00 bits per heavy atom. The van der Waals surface area contributed by atoms with Gasteiger partial charge in [-0.05, 0) is 38.3 Å². The Hall–Kier alpha value is -1.55. The van der Waals surface area contributed by atoms with Crippen LogP contribution in [0, 0.1) is 6.92 Å². The van der Waals surface area contributed by atoms with Crippen LogP contribution < -0.4 is 5.32 Å². The molecule has 2 N–H and O–H groups in total. The molecule has 98 valence electrons. The van der Waals surface area contributed by atoms with Gasteiger partial charge in [0.15, 0.2) is 0 Å². The Balaban J connectivity index is 2.01. The van der Waals surface area contributed by atoms with Gasteiger partial charge >= 0.3 is 5.97 Å². The van der Waals surface area contributed by atoms with Crippen LogP contribution in [0.15, 0.2) is 18.2 Å². The summed E-state index contributed by atoms with van der Waals surface area (Å²) in [5.41, 5.74) is 1.94. The second-order valence-electron chi connectivity index (χ2n) is 4.72. The van der Waals surface area contributed by atoms with Crippen molar-refractivity contribution in [3.63, 3.8) is 0 Å². The van der Waals surface area contributed by atoms with Gasteiger partial charge in [-0.25, -0.2) is 4.79 Å². The van der Waals surface area contributed by atoms with E-state index in [1.54, 1.807) is 6.07 Å². The number of aromatic carboxylic acids is 1. The van der Waals surface area contributed by atoms with E-state index in [4.69, 9.17) is 9.84 Å². The number of hydrogen-bond donors (Lipinski definition) is 2. The Morgan fingerprint density at radius 1 is 1.50 bits per heavy atom. The largest absolute Gasteiger partial charge is 0.478 e. The van der Waals surface area contributed by atoms with Gasteiger partial charge in [-0.15, -0.1) is 0 Å². The number of rotatable bonds is 4. The second kappa shape index (κ2) is 5.87. The zero-order valence-electron chi connectivity index (χ0n) is 10.6. The van der Waals surface area contributed by atoms with Crippen LogP contribution in [0.1, 0.15) is 35.2 Å². The Labute approximate surface area is 107 Å². The highest BCUT2D eigenvalue weighted by atomic mass is 16.5. The lowest BCUT2D eigenvalue weighted by Gasteiger charge is -2.23. The van der Waals surface area contributed by atoms with Gasteiger partial charge in [-0.1, -0.05) is 11.6 Å². The first-order valence-corrected chi connectivity index (χ1v) is 6.36. The van der Waals surface area contributed by atoms with Crippen molar-refractivity contribution in [3.05, 3.63) is 29.3 Å². The molecule has 1 fully saturated rings. The van der Waals surface area contributed by atoms with E-state index in [1.807, 2.05) is 19.1 Å². The van der Waals surface area contributed by atoms with E-state index in [2.05, 4.69) is 5.32 Å². The molecule has 0 aliphatic carbocycles. The Morgan fingerprint density at radius 2 is 2.33 bits per heavy atom. The summed E-state index contributed by atoms with van der Waals surface area (Å²) in [6, 6.07) is 5.42. The van der Waals surface area contributed by atoms with E-state index in [0.717, 1.165) is 25.0 Å². The predicted molar refractivity (Wildman–Crippen MR) is 70.2 cm³/mol. The molecule has 1 aliphatic rings. The van der Waals surface area contributed by atoms with Crippen LogP contribution in [-0.2, 0) is 4.74 Å². The molecule has 0 amide bonds. The van der Waals surface area contributed by atoms with Crippen LogP contribution >= 0.6 is 0 Å². The van der Waals surface area contributed by atoms with Crippen molar-refractivity contribution in [3.8, 4) is 0 Å². The molecule has 4 heteroatoms. The highest BCUT2D eigenvalue weighted by Crippen LogP contribution is 2.19. The maximum Gasteiger partial charge on any atom is 0.337 e. The highest BCUT2D eigenvalue weighted by Gasteiger charge is 2.15. The second-order valence-corrected chi connectivity index (χ2v) is 4.72. The number of carboxylic acids is 1. The normalized spacial score (nSPS) is 19.5. The maximum atomic E-state index is 11.2. The molecule has 1 aromatic carbocycles. The smallest absolute Gasteiger partial charge is 0.337 e. The predicted octanol–water partition coefficient (Wildman–Crippen LogP) is 2.67. The van der Waals surface area contributed by atoms with E-state index < -0.39 is 5.97 Å². The average Bonchev–Trinajstić information content (AvgIpc) is 2.38. The van der Waals surface area contributed by atoms with Crippen LogP contribution in [0.3, 0.4) is 0 Å². The van der Waals surface area contributed by atoms with Crippen LogP contribution in [0.25, 0.3) is 0 Å².